The van der Waals surface area contributed by atoms with Crippen molar-refractivity contribution in [2.24, 2.45) is 0 Å². The van der Waals surface area contributed by atoms with E-state index >= 15 is 0 Å². The smallest absolute Gasteiger partial charge is 0.251 e. The zero-order chi connectivity index (χ0) is 19.3. The van der Waals surface area contributed by atoms with Crippen LogP contribution in [0.5, 0.6) is 5.75 Å². The number of anilines is 2. The van der Waals surface area contributed by atoms with Crippen LogP contribution in [0.1, 0.15) is 27.9 Å². The van der Waals surface area contributed by atoms with Crippen LogP contribution in [-0.4, -0.2) is 24.5 Å². The summed E-state index contributed by atoms with van der Waals surface area (Å²) in [4.78, 5) is 19.3. The Hall–Kier alpha value is -3.34. The third kappa shape index (κ3) is 3.83. The Bertz CT molecular complexity index is 970. The number of amides is 1. The van der Waals surface area contributed by atoms with Crippen molar-refractivity contribution in [3.05, 3.63) is 83.6 Å². The number of nitrogens with zero attached hydrogens (tertiary/aromatic N) is 2. The molecule has 4 rings (SSSR count). The van der Waals surface area contributed by atoms with Crippen LogP contribution in [0.25, 0.3) is 0 Å². The molecule has 0 radical (unpaired) electrons. The Morgan fingerprint density at radius 2 is 1.96 bits per heavy atom. The monoisotopic (exact) mass is 373 g/mol. The number of rotatable bonds is 5. The number of fused-ring (bicyclic) bond motifs is 1. The van der Waals surface area contributed by atoms with Crippen molar-refractivity contribution >= 4 is 17.4 Å². The quantitative estimate of drug-likeness (QED) is 0.731. The average molecular weight is 373 g/mol. The van der Waals surface area contributed by atoms with Crippen LogP contribution in [0.2, 0.25) is 0 Å². The van der Waals surface area contributed by atoms with Gasteiger partial charge in [-0.25, -0.2) is 4.98 Å². The maximum Gasteiger partial charge on any atom is 0.251 e. The van der Waals surface area contributed by atoms with E-state index in [2.05, 4.69) is 33.4 Å². The van der Waals surface area contributed by atoms with Crippen molar-refractivity contribution in [2.45, 2.75) is 19.4 Å². The van der Waals surface area contributed by atoms with Gasteiger partial charge in [-0.3, -0.25) is 4.79 Å². The maximum absolute atomic E-state index is 12.6. The number of nitrogens with one attached hydrogen (secondary N) is 1. The zero-order valence-corrected chi connectivity index (χ0v) is 15.9. The number of aryl methyl sites for hydroxylation is 1. The summed E-state index contributed by atoms with van der Waals surface area (Å²) < 4.78 is 5.16. The molecule has 1 N–H and O–H groups in total. The van der Waals surface area contributed by atoms with Gasteiger partial charge in [0.1, 0.15) is 11.6 Å². The fraction of sp³-hybridized carbons (Fsp3) is 0.217. The summed E-state index contributed by atoms with van der Waals surface area (Å²) in [5.41, 5.74) is 4.14. The highest BCUT2D eigenvalue weighted by Gasteiger charge is 2.19. The molecule has 0 spiro atoms. The molecule has 1 aliphatic heterocycles. The van der Waals surface area contributed by atoms with Crippen molar-refractivity contribution in [1.82, 2.24) is 10.3 Å². The molecule has 1 aromatic heterocycles. The summed E-state index contributed by atoms with van der Waals surface area (Å²) in [5, 5.41) is 2.98. The van der Waals surface area contributed by atoms with Crippen LogP contribution in [0.3, 0.4) is 0 Å². The summed E-state index contributed by atoms with van der Waals surface area (Å²) in [7, 11) is 1.64. The van der Waals surface area contributed by atoms with Crippen LogP contribution in [0.4, 0.5) is 11.5 Å². The Morgan fingerprint density at radius 3 is 2.79 bits per heavy atom. The van der Waals surface area contributed by atoms with E-state index in [0.29, 0.717) is 12.1 Å². The number of carbonyl (C=O) groups is 1. The zero-order valence-electron chi connectivity index (χ0n) is 15.9. The average Bonchev–Trinajstić information content (AvgIpc) is 2.77. The minimum absolute atomic E-state index is 0.107. The maximum atomic E-state index is 12.6. The van der Waals surface area contributed by atoms with Crippen LogP contribution in [-0.2, 0) is 13.0 Å². The molecular formula is C23H23N3O2. The first kappa shape index (κ1) is 18.0. The molecule has 0 saturated heterocycles. The summed E-state index contributed by atoms with van der Waals surface area (Å²) in [6.07, 6.45) is 3.86. The number of para-hydroxylation sites is 1. The van der Waals surface area contributed by atoms with Gasteiger partial charge in [0, 0.05) is 30.5 Å². The lowest BCUT2D eigenvalue weighted by molar-refractivity contribution is 0.0951. The standard InChI is InChI=1S/C23H23N3O2/c1-28-20-10-8-17(9-11-20)16-25-23(27)19-12-13-24-22(15-19)26-14-4-6-18-5-2-3-7-21(18)26/h2-3,5,7-13,15H,4,6,14,16H2,1H3,(H,25,27). The van der Waals surface area contributed by atoms with Crippen LogP contribution in [0.15, 0.2) is 66.9 Å². The predicted molar refractivity (Wildman–Crippen MR) is 110 cm³/mol. The molecule has 0 aliphatic carbocycles. The highest BCUT2D eigenvalue weighted by Crippen LogP contribution is 2.32. The van der Waals surface area contributed by atoms with Gasteiger partial charge in [-0.1, -0.05) is 30.3 Å². The van der Waals surface area contributed by atoms with Gasteiger partial charge in [0.2, 0.25) is 0 Å². The van der Waals surface area contributed by atoms with Gasteiger partial charge >= 0.3 is 0 Å². The third-order valence-electron chi connectivity index (χ3n) is 5.01. The summed E-state index contributed by atoms with van der Waals surface area (Å²) in [6.45, 7) is 1.37. The van der Waals surface area contributed by atoms with Crippen molar-refractivity contribution in [3.63, 3.8) is 0 Å². The van der Waals surface area contributed by atoms with Crippen LogP contribution in [0, 0.1) is 0 Å². The predicted octanol–water partition coefficient (Wildman–Crippen LogP) is 4.10. The Balaban J connectivity index is 1.48. The van der Waals surface area contributed by atoms with Crippen LogP contribution >= 0.6 is 0 Å². The Labute approximate surface area is 165 Å². The number of benzene rings is 2. The lowest BCUT2D eigenvalue weighted by atomic mass is 10.0. The summed E-state index contributed by atoms with van der Waals surface area (Å²) >= 11 is 0. The lowest BCUT2D eigenvalue weighted by Gasteiger charge is -2.30. The van der Waals surface area contributed by atoms with Crippen molar-refractivity contribution in [2.75, 3.05) is 18.6 Å². The molecule has 5 heteroatoms. The third-order valence-corrected chi connectivity index (χ3v) is 5.01. The molecule has 0 unspecified atom stereocenters. The fourth-order valence-electron chi connectivity index (χ4n) is 3.51. The van der Waals surface area contributed by atoms with E-state index in [-0.39, 0.29) is 5.91 Å². The molecule has 0 bridgehead atoms. The van der Waals surface area contributed by atoms with E-state index in [4.69, 9.17) is 4.74 Å². The molecule has 3 aromatic rings. The first-order chi connectivity index (χ1) is 13.7. The van der Waals surface area contributed by atoms with E-state index < -0.39 is 0 Å². The number of ether oxygens (including phenoxy) is 1. The number of carbonyl (C=O) groups excluding carboxylic acids is 1. The number of methoxy groups -OCH3 is 1. The second kappa shape index (κ2) is 8.13. The first-order valence-corrected chi connectivity index (χ1v) is 9.47. The topological polar surface area (TPSA) is 54.5 Å². The summed E-state index contributed by atoms with van der Waals surface area (Å²) in [6, 6.07) is 19.7. The largest absolute Gasteiger partial charge is 0.497 e. The highest BCUT2D eigenvalue weighted by atomic mass is 16.5. The van der Waals surface area contributed by atoms with E-state index in [9.17, 15) is 4.79 Å². The molecule has 1 amide bonds. The van der Waals surface area contributed by atoms with Gasteiger partial charge in [-0.2, -0.15) is 0 Å². The molecule has 2 heterocycles. The number of aromatic nitrogens is 1. The number of pyridine rings is 1. The second-order valence-electron chi connectivity index (χ2n) is 6.82. The Morgan fingerprint density at radius 1 is 1.14 bits per heavy atom. The molecule has 0 fully saturated rings. The molecule has 2 aromatic carbocycles. The molecule has 0 atom stereocenters. The van der Waals surface area contributed by atoms with Gasteiger partial charge in [0.15, 0.2) is 0 Å². The summed E-state index contributed by atoms with van der Waals surface area (Å²) in [5.74, 6) is 1.50. The van der Waals surface area contributed by atoms with E-state index in [1.165, 1.54) is 11.3 Å². The normalized spacial score (nSPS) is 13.0. The van der Waals surface area contributed by atoms with Crippen molar-refractivity contribution in [3.8, 4) is 5.75 Å². The molecule has 142 valence electrons. The van der Waals surface area contributed by atoms with Crippen LogP contribution < -0.4 is 15.0 Å². The number of hydrogen-bond acceptors (Lipinski definition) is 4. The molecule has 28 heavy (non-hydrogen) atoms. The van der Waals surface area contributed by atoms with Gasteiger partial charge in [-0.05, 0) is 54.3 Å². The lowest BCUT2D eigenvalue weighted by Crippen LogP contribution is -2.26. The fourth-order valence-corrected chi connectivity index (χ4v) is 3.51. The Kier molecular flexibility index (Phi) is 5.24. The molecule has 1 aliphatic rings. The minimum Gasteiger partial charge on any atom is -0.497 e. The highest BCUT2D eigenvalue weighted by molar-refractivity contribution is 5.95. The SMILES string of the molecule is COc1ccc(CNC(=O)c2ccnc(N3CCCc4ccccc43)c2)cc1. The molecular weight excluding hydrogens is 350 g/mol. The van der Waals surface area contributed by atoms with E-state index in [1.54, 1.807) is 19.4 Å². The van der Waals surface area contributed by atoms with Gasteiger partial charge in [0.05, 0.1) is 7.11 Å². The number of hydrogen-bond donors (Lipinski definition) is 1. The molecule has 5 nitrogen and oxygen atoms in total. The van der Waals surface area contributed by atoms with Crippen molar-refractivity contribution < 1.29 is 9.53 Å². The van der Waals surface area contributed by atoms with Gasteiger partial charge in [0.25, 0.3) is 5.91 Å². The second-order valence-corrected chi connectivity index (χ2v) is 6.82. The van der Waals surface area contributed by atoms with E-state index in [0.717, 1.165) is 36.5 Å². The van der Waals surface area contributed by atoms with Gasteiger partial charge < -0.3 is 15.0 Å². The first-order valence-electron chi connectivity index (χ1n) is 9.47. The van der Waals surface area contributed by atoms with E-state index in [1.807, 2.05) is 36.4 Å². The molecule has 0 saturated carbocycles. The minimum atomic E-state index is -0.107. The van der Waals surface area contributed by atoms with Crippen molar-refractivity contribution in [1.29, 1.82) is 0 Å². The van der Waals surface area contributed by atoms with Gasteiger partial charge in [-0.15, -0.1) is 0 Å².